The van der Waals surface area contributed by atoms with Gasteiger partial charge < -0.3 is 10.6 Å². The van der Waals surface area contributed by atoms with Crippen LogP contribution in [0.15, 0.2) is 0 Å². The number of carbonyl (C=O) groups is 1. The summed E-state index contributed by atoms with van der Waals surface area (Å²) >= 11 is 0. The van der Waals surface area contributed by atoms with Crippen LogP contribution in [-0.4, -0.2) is 25.0 Å². The van der Waals surface area contributed by atoms with Crippen LogP contribution in [0.2, 0.25) is 0 Å². The second-order valence-corrected chi connectivity index (χ2v) is 5.86. The van der Waals surface area contributed by atoms with Crippen molar-refractivity contribution >= 4 is 5.91 Å². The first-order chi connectivity index (χ1) is 8.25. The van der Waals surface area contributed by atoms with Gasteiger partial charge in [-0.2, -0.15) is 0 Å². The molecule has 2 rings (SSSR count). The lowest BCUT2D eigenvalue weighted by atomic mass is 9.82. The van der Waals surface area contributed by atoms with Crippen molar-refractivity contribution in [2.24, 2.45) is 11.8 Å². The van der Waals surface area contributed by atoms with Crippen molar-refractivity contribution in [2.75, 3.05) is 13.1 Å². The van der Waals surface area contributed by atoms with E-state index in [9.17, 15) is 4.79 Å². The first kappa shape index (κ1) is 12.9. The van der Waals surface area contributed by atoms with Crippen LogP contribution in [0.5, 0.6) is 0 Å². The van der Waals surface area contributed by atoms with Gasteiger partial charge in [-0.3, -0.25) is 4.79 Å². The second kappa shape index (κ2) is 6.39. The van der Waals surface area contributed by atoms with Gasteiger partial charge in [0.05, 0.1) is 0 Å². The fourth-order valence-corrected chi connectivity index (χ4v) is 2.98. The summed E-state index contributed by atoms with van der Waals surface area (Å²) in [7, 11) is 0. The van der Waals surface area contributed by atoms with Crippen LogP contribution in [0.3, 0.4) is 0 Å². The zero-order chi connectivity index (χ0) is 12.1. The van der Waals surface area contributed by atoms with Gasteiger partial charge in [-0.05, 0) is 51.0 Å². The van der Waals surface area contributed by atoms with Crippen LogP contribution in [0, 0.1) is 11.8 Å². The Bertz CT molecular complexity index is 239. The normalized spacial score (nSPS) is 35.0. The van der Waals surface area contributed by atoms with Crippen LogP contribution in [0.4, 0.5) is 0 Å². The molecule has 2 fully saturated rings. The highest BCUT2D eigenvalue weighted by Gasteiger charge is 2.25. The molecule has 1 amide bonds. The second-order valence-electron chi connectivity index (χ2n) is 5.86. The summed E-state index contributed by atoms with van der Waals surface area (Å²) < 4.78 is 0. The molecule has 1 heterocycles. The summed E-state index contributed by atoms with van der Waals surface area (Å²) in [5.41, 5.74) is 0. The lowest BCUT2D eigenvalue weighted by molar-refractivity contribution is -0.126. The summed E-state index contributed by atoms with van der Waals surface area (Å²) in [5.74, 6) is 1.42. The van der Waals surface area contributed by atoms with E-state index in [0.717, 1.165) is 38.3 Å². The fraction of sp³-hybridized carbons (Fsp3) is 0.929. The van der Waals surface area contributed by atoms with Gasteiger partial charge >= 0.3 is 0 Å². The third kappa shape index (κ3) is 3.98. The van der Waals surface area contributed by atoms with Gasteiger partial charge in [0.1, 0.15) is 0 Å². The Balaban J connectivity index is 1.75. The molecule has 1 saturated heterocycles. The molecule has 2 aliphatic rings. The van der Waals surface area contributed by atoms with Crippen molar-refractivity contribution in [1.29, 1.82) is 0 Å². The van der Waals surface area contributed by atoms with E-state index < -0.39 is 0 Å². The average Bonchev–Trinajstić information content (AvgIpc) is 2.58. The smallest absolute Gasteiger partial charge is 0.223 e. The van der Waals surface area contributed by atoms with E-state index in [1.807, 2.05) is 0 Å². The van der Waals surface area contributed by atoms with Crippen LogP contribution in [-0.2, 0) is 4.79 Å². The maximum atomic E-state index is 12.1. The molecule has 1 saturated carbocycles. The van der Waals surface area contributed by atoms with Gasteiger partial charge in [0.25, 0.3) is 0 Å². The molecule has 0 aromatic carbocycles. The van der Waals surface area contributed by atoms with Crippen LogP contribution in [0.1, 0.15) is 51.9 Å². The van der Waals surface area contributed by atoms with Crippen molar-refractivity contribution in [3.8, 4) is 0 Å². The van der Waals surface area contributed by atoms with Crippen LogP contribution in [0.25, 0.3) is 0 Å². The van der Waals surface area contributed by atoms with Crippen molar-refractivity contribution < 1.29 is 4.79 Å². The minimum Gasteiger partial charge on any atom is -0.352 e. The number of rotatable bonds is 2. The van der Waals surface area contributed by atoms with Crippen molar-refractivity contribution in [2.45, 2.75) is 57.9 Å². The lowest BCUT2D eigenvalue weighted by Crippen LogP contribution is -2.44. The fourth-order valence-electron chi connectivity index (χ4n) is 2.98. The van der Waals surface area contributed by atoms with Crippen molar-refractivity contribution in [3.05, 3.63) is 0 Å². The number of nitrogens with one attached hydrogen (secondary N) is 2. The van der Waals surface area contributed by atoms with Crippen LogP contribution >= 0.6 is 0 Å². The van der Waals surface area contributed by atoms with E-state index in [0.29, 0.717) is 11.9 Å². The summed E-state index contributed by atoms with van der Waals surface area (Å²) in [6.45, 7) is 4.35. The highest BCUT2D eigenvalue weighted by Crippen LogP contribution is 2.28. The Morgan fingerprint density at radius 1 is 1.12 bits per heavy atom. The Labute approximate surface area is 105 Å². The van der Waals surface area contributed by atoms with E-state index >= 15 is 0 Å². The first-order valence-electron chi connectivity index (χ1n) is 7.27. The molecule has 0 radical (unpaired) electrons. The maximum Gasteiger partial charge on any atom is 0.223 e. The van der Waals surface area contributed by atoms with E-state index in [-0.39, 0.29) is 5.92 Å². The molecule has 1 unspecified atom stereocenters. The molecule has 0 aromatic heterocycles. The lowest BCUT2D eigenvalue weighted by Gasteiger charge is -2.27. The van der Waals surface area contributed by atoms with Crippen molar-refractivity contribution in [3.63, 3.8) is 0 Å². The zero-order valence-electron chi connectivity index (χ0n) is 11.0. The quantitative estimate of drug-likeness (QED) is 0.773. The molecular weight excluding hydrogens is 212 g/mol. The molecule has 98 valence electrons. The number of hydrogen-bond acceptors (Lipinski definition) is 2. The molecule has 3 heteroatoms. The summed E-state index contributed by atoms with van der Waals surface area (Å²) in [6.07, 6.45) is 8.25. The Kier molecular flexibility index (Phi) is 4.84. The Morgan fingerprint density at radius 2 is 1.88 bits per heavy atom. The topological polar surface area (TPSA) is 41.1 Å². The molecule has 1 aliphatic carbocycles. The van der Waals surface area contributed by atoms with Crippen LogP contribution < -0.4 is 10.6 Å². The predicted molar refractivity (Wildman–Crippen MR) is 69.8 cm³/mol. The van der Waals surface area contributed by atoms with E-state index in [4.69, 9.17) is 0 Å². The standard InChI is InChI=1S/C14H26N2O/c1-11-5-7-12(8-6-11)14(17)16-13-4-2-3-9-15-10-13/h11-13,15H,2-10H2,1H3,(H,16,17). The third-order valence-electron chi connectivity index (χ3n) is 4.28. The molecule has 17 heavy (non-hydrogen) atoms. The van der Waals surface area contributed by atoms with E-state index in [1.54, 1.807) is 0 Å². The summed E-state index contributed by atoms with van der Waals surface area (Å²) in [5, 5.41) is 6.64. The zero-order valence-corrected chi connectivity index (χ0v) is 11.0. The minimum atomic E-state index is 0.287. The summed E-state index contributed by atoms with van der Waals surface area (Å²) in [4.78, 5) is 12.1. The molecule has 0 bridgehead atoms. The highest BCUT2D eigenvalue weighted by molar-refractivity contribution is 5.79. The van der Waals surface area contributed by atoms with E-state index in [2.05, 4.69) is 17.6 Å². The molecule has 3 nitrogen and oxygen atoms in total. The Morgan fingerprint density at radius 3 is 2.65 bits per heavy atom. The van der Waals surface area contributed by atoms with Crippen molar-refractivity contribution in [1.82, 2.24) is 10.6 Å². The van der Waals surface area contributed by atoms with E-state index in [1.165, 1.54) is 25.7 Å². The minimum absolute atomic E-state index is 0.287. The first-order valence-corrected chi connectivity index (χ1v) is 7.27. The molecule has 2 N–H and O–H groups in total. The summed E-state index contributed by atoms with van der Waals surface area (Å²) in [6, 6.07) is 0.365. The number of amides is 1. The maximum absolute atomic E-state index is 12.1. The Hall–Kier alpha value is -0.570. The SMILES string of the molecule is CC1CCC(C(=O)NC2CCCCNC2)CC1. The molecule has 0 spiro atoms. The van der Waals surface area contributed by atoms with Gasteiger partial charge in [0, 0.05) is 18.5 Å². The molecule has 1 atom stereocenters. The molecular formula is C14H26N2O. The van der Waals surface area contributed by atoms with Gasteiger partial charge in [0.2, 0.25) is 5.91 Å². The van der Waals surface area contributed by atoms with Gasteiger partial charge in [-0.1, -0.05) is 13.3 Å². The third-order valence-corrected chi connectivity index (χ3v) is 4.28. The molecule has 0 aromatic rings. The monoisotopic (exact) mass is 238 g/mol. The highest BCUT2D eigenvalue weighted by atomic mass is 16.1. The van der Waals surface area contributed by atoms with Gasteiger partial charge in [0.15, 0.2) is 0 Å². The average molecular weight is 238 g/mol. The number of hydrogen-bond donors (Lipinski definition) is 2. The van der Waals surface area contributed by atoms with Gasteiger partial charge in [-0.15, -0.1) is 0 Å². The predicted octanol–water partition coefficient (Wildman–Crippen LogP) is 2.07. The number of carbonyl (C=O) groups excluding carboxylic acids is 1. The molecule has 1 aliphatic heterocycles. The largest absolute Gasteiger partial charge is 0.352 e. The van der Waals surface area contributed by atoms with Gasteiger partial charge in [-0.25, -0.2) is 0 Å².